The second kappa shape index (κ2) is 4.21. The van der Waals surface area contributed by atoms with Crippen molar-refractivity contribution >= 4 is 26.7 Å². The molecule has 2 aromatic carbocycles. The molecule has 0 saturated heterocycles. The Hall–Kier alpha value is -1.06. The summed E-state index contributed by atoms with van der Waals surface area (Å²) in [6, 6.07) is 10.2. The van der Waals surface area contributed by atoms with Crippen LogP contribution in [0.1, 0.15) is 5.56 Å². The fourth-order valence-corrected chi connectivity index (χ4v) is 2.02. The third kappa shape index (κ3) is 1.98. The molecule has 0 radical (unpaired) electrons. The molecule has 0 amide bonds. The summed E-state index contributed by atoms with van der Waals surface area (Å²) >= 11 is 3.45. The van der Waals surface area contributed by atoms with Crippen LogP contribution in [0.4, 0.5) is 0 Å². The number of hydrogen-bond acceptors (Lipinski definition) is 2. The first-order valence-electron chi connectivity index (χ1n) is 4.71. The minimum Gasteiger partial charge on any atom is -0.496 e. The molecule has 0 aromatic heterocycles. The van der Waals surface area contributed by atoms with E-state index in [2.05, 4.69) is 34.1 Å². The zero-order chi connectivity index (χ0) is 10.8. The lowest BCUT2D eigenvalue weighted by Gasteiger charge is -2.08. The van der Waals surface area contributed by atoms with Gasteiger partial charge in [0.2, 0.25) is 0 Å². The number of ether oxygens (including phenoxy) is 1. The second-order valence-electron chi connectivity index (χ2n) is 3.36. The first-order valence-corrected chi connectivity index (χ1v) is 5.50. The molecule has 2 nitrogen and oxygen atoms in total. The van der Waals surface area contributed by atoms with Crippen molar-refractivity contribution in [2.24, 2.45) is 5.73 Å². The molecule has 0 aliphatic carbocycles. The summed E-state index contributed by atoms with van der Waals surface area (Å²) in [5, 5.41) is 2.33. The molecule has 2 N–H and O–H groups in total. The van der Waals surface area contributed by atoms with Crippen LogP contribution in [0.25, 0.3) is 10.8 Å². The van der Waals surface area contributed by atoms with Gasteiger partial charge in [-0.2, -0.15) is 0 Å². The Morgan fingerprint density at radius 1 is 1.20 bits per heavy atom. The third-order valence-electron chi connectivity index (χ3n) is 2.42. The predicted octanol–water partition coefficient (Wildman–Crippen LogP) is 3.07. The van der Waals surface area contributed by atoms with Crippen molar-refractivity contribution in [2.75, 3.05) is 7.11 Å². The molecule has 15 heavy (non-hydrogen) atoms. The topological polar surface area (TPSA) is 35.2 Å². The van der Waals surface area contributed by atoms with Gasteiger partial charge in [-0.05, 0) is 35.0 Å². The van der Waals surface area contributed by atoms with Crippen molar-refractivity contribution in [3.8, 4) is 5.75 Å². The van der Waals surface area contributed by atoms with E-state index < -0.39 is 0 Å². The largest absolute Gasteiger partial charge is 0.496 e. The van der Waals surface area contributed by atoms with E-state index in [-0.39, 0.29) is 0 Å². The molecular weight excluding hydrogens is 254 g/mol. The Kier molecular flexibility index (Phi) is 2.93. The summed E-state index contributed by atoms with van der Waals surface area (Å²) in [6.45, 7) is 0.492. The Morgan fingerprint density at radius 2 is 2.00 bits per heavy atom. The highest BCUT2D eigenvalue weighted by molar-refractivity contribution is 9.10. The van der Waals surface area contributed by atoms with Crippen LogP contribution in [-0.2, 0) is 6.54 Å². The van der Waals surface area contributed by atoms with Crippen LogP contribution in [0.3, 0.4) is 0 Å². The van der Waals surface area contributed by atoms with Gasteiger partial charge in [0, 0.05) is 16.6 Å². The van der Waals surface area contributed by atoms with Gasteiger partial charge in [0.05, 0.1) is 7.11 Å². The van der Waals surface area contributed by atoms with Crippen molar-refractivity contribution < 1.29 is 4.74 Å². The normalized spacial score (nSPS) is 10.6. The number of benzene rings is 2. The van der Waals surface area contributed by atoms with E-state index in [1.807, 2.05) is 12.1 Å². The lowest BCUT2D eigenvalue weighted by molar-refractivity contribution is 0.410. The van der Waals surface area contributed by atoms with Crippen LogP contribution < -0.4 is 10.5 Å². The molecule has 0 spiro atoms. The lowest BCUT2D eigenvalue weighted by atomic mass is 10.1. The highest BCUT2D eigenvalue weighted by Crippen LogP contribution is 2.27. The number of nitrogens with two attached hydrogens (primary N) is 1. The molecular formula is C12H12BrNO. The molecule has 0 aliphatic heterocycles. The molecule has 0 saturated carbocycles. The first kappa shape index (κ1) is 10.5. The Morgan fingerprint density at radius 3 is 2.67 bits per heavy atom. The van der Waals surface area contributed by atoms with E-state index in [0.717, 1.165) is 21.2 Å². The first-order chi connectivity index (χ1) is 7.24. The Labute approximate surface area is 97.2 Å². The highest BCUT2D eigenvalue weighted by atomic mass is 79.9. The van der Waals surface area contributed by atoms with Gasteiger partial charge in [0.25, 0.3) is 0 Å². The number of hydrogen-bond donors (Lipinski definition) is 1. The van der Waals surface area contributed by atoms with Gasteiger partial charge in [-0.3, -0.25) is 0 Å². The fourth-order valence-electron chi connectivity index (χ4n) is 1.64. The van der Waals surface area contributed by atoms with E-state index in [4.69, 9.17) is 10.5 Å². The van der Waals surface area contributed by atoms with Gasteiger partial charge >= 0.3 is 0 Å². The van der Waals surface area contributed by atoms with Crippen LogP contribution in [0.2, 0.25) is 0 Å². The second-order valence-corrected chi connectivity index (χ2v) is 4.28. The molecule has 0 heterocycles. The maximum absolute atomic E-state index is 5.66. The average molecular weight is 266 g/mol. The zero-order valence-electron chi connectivity index (χ0n) is 8.46. The summed E-state index contributed by atoms with van der Waals surface area (Å²) in [5.41, 5.74) is 6.69. The van der Waals surface area contributed by atoms with E-state index >= 15 is 0 Å². The van der Waals surface area contributed by atoms with Gasteiger partial charge in [-0.25, -0.2) is 0 Å². The van der Waals surface area contributed by atoms with Crippen LogP contribution in [0.15, 0.2) is 34.8 Å². The molecule has 0 aliphatic rings. The van der Waals surface area contributed by atoms with E-state index in [0.29, 0.717) is 6.54 Å². The maximum atomic E-state index is 5.66. The minimum absolute atomic E-state index is 0.492. The molecule has 2 aromatic rings. The summed E-state index contributed by atoms with van der Waals surface area (Å²) in [5.74, 6) is 0.854. The molecule has 0 atom stereocenters. The minimum atomic E-state index is 0.492. The number of rotatable bonds is 2. The van der Waals surface area contributed by atoms with E-state index in [1.165, 1.54) is 5.39 Å². The van der Waals surface area contributed by atoms with Crippen LogP contribution in [0.5, 0.6) is 5.75 Å². The van der Waals surface area contributed by atoms with Gasteiger partial charge in [-0.15, -0.1) is 0 Å². The van der Waals surface area contributed by atoms with Crippen molar-refractivity contribution in [3.05, 3.63) is 40.4 Å². The number of halogens is 1. The summed E-state index contributed by atoms with van der Waals surface area (Å²) in [4.78, 5) is 0. The molecule has 0 fully saturated rings. The van der Waals surface area contributed by atoms with Crippen molar-refractivity contribution in [2.45, 2.75) is 6.54 Å². The summed E-state index contributed by atoms with van der Waals surface area (Å²) < 4.78 is 6.36. The molecule has 2 rings (SSSR count). The Bertz CT molecular complexity index is 496. The molecule has 0 bridgehead atoms. The van der Waals surface area contributed by atoms with Gasteiger partial charge in [-0.1, -0.05) is 22.0 Å². The van der Waals surface area contributed by atoms with Crippen molar-refractivity contribution in [1.29, 1.82) is 0 Å². The SMILES string of the molecule is COc1cc2ccc(Br)cc2cc1CN. The van der Waals surface area contributed by atoms with E-state index in [1.54, 1.807) is 7.11 Å². The molecule has 0 unspecified atom stereocenters. The van der Waals surface area contributed by atoms with Crippen molar-refractivity contribution in [3.63, 3.8) is 0 Å². The number of methoxy groups -OCH3 is 1. The zero-order valence-corrected chi connectivity index (χ0v) is 10.0. The van der Waals surface area contributed by atoms with E-state index in [9.17, 15) is 0 Å². The maximum Gasteiger partial charge on any atom is 0.123 e. The highest BCUT2D eigenvalue weighted by Gasteiger charge is 2.04. The van der Waals surface area contributed by atoms with Crippen LogP contribution in [-0.4, -0.2) is 7.11 Å². The summed E-state index contributed by atoms with van der Waals surface area (Å²) in [6.07, 6.45) is 0. The fraction of sp³-hybridized carbons (Fsp3) is 0.167. The number of fused-ring (bicyclic) bond motifs is 1. The smallest absolute Gasteiger partial charge is 0.123 e. The molecule has 3 heteroatoms. The van der Waals surface area contributed by atoms with Gasteiger partial charge < -0.3 is 10.5 Å². The van der Waals surface area contributed by atoms with Gasteiger partial charge in [0.1, 0.15) is 5.75 Å². The monoisotopic (exact) mass is 265 g/mol. The lowest BCUT2D eigenvalue weighted by Crippen LogP contribution is -1.99. The van der Waals surface area contributed by atoms with Crippen LogP contribution >= 0.6 is 15.9 Å². The summed E-state index contributed by atoms with van der Waals surface area (Å²) in [7, 11) is 1.67. The third-order valence-corrected chi connectivity index (χ3v) is 2.91. The van der Waals surface area contributed by atoms with Crippen LogP contribution in [0, 0.1) is 0 Å². The Balaban J connectivity index is 2.69. The standard InChI is InChI=1S/C12H12BrNO/c1-15-12-6-8-2-3-11(13)5-9(8)4-10(12)7-14/h2-6H,7,14H2,1H3. The van der Waals surface area contributed by atoms with Crippen molar-refractivity contribution in [1.82, 2.24) is 0 Å². The predicted molar refractivity (Wildman–Crippen MR) is 66.1 cm³/mol. The average Bonchev–Trinajstić information content (AvgIpc) is 2.27. The van der Waals surface area contributed by atoms with Gasteiger partial charge in [0.15, 0.2) is 0 Å². The molecule has 78 valence electrons. The quantitative estimate of drug-likeness (QED) is 0.906.